The van der Waals surface area contributed by atoms with E-state index in [0.29, 0.717) is 13.2 Å². The van der Waals surface area contributed by atoms with E-state index in [2.05, 4.69) is 15.6 Å². The van der Waals surface area contributed by atoms with Gasteiger partial charge in [-0.15, -0.1) is 24.0 Å². The minimum absolute atomic E-state index is 0. The molecule has 0 aliphatic carbocycles. The summed E-state index contributed by atoms with van der Waals surface area (Å²) in [5, 5.41) is 6.46. The van der Waals surface area contributed by atoms with E-state index in [9.17, 15) is 0 Å². The monoisotopic (exact) mass is 429 g/mol. The lowest BCUT2D eigenvalue weighted by Gasteiger charge is -2.13. The van der Waals surface area contributed by atoms with Crippen LogP contribution in [0.25, 0.3) is 0 Å². The number of aliphatic imine (C=N–C) groups is 1. The van der Waals surface area contributed by atoms with Gasteiger partial charge in [0.15, 0.2) is 5.96 Å². The van der Waals surface area contributed by atoms with Crippen molar-refractivity contribution in [1.29, 1.82) is 0 Å². The molecule has 0 atom stereocenters. The maximum absolute atomic E-state index is 5.73. The van der Waals surface area contributed by atoms with E-state index in [4.69, 9.17) is 9.15 Å². The second-order valence-electron chi connectivity index (χ2n) is 4.87. The van der Waals surface area contributed by atoms with Crippen molar-refractivity contribution in [2.45, 2.75) is 13.3 Å². The Bertz CT molecular complexity index is 585. The zero-order valence-electron chi connectivity index (χ0n) is 13.5. The fourth-order valence-electron chi connectivity index (χ4n) is 2.03. The van der Waals surface area contributed by atoms with Gasteiger partial charge in [0.2, 0.25) is 0 Å². The van der Waals surface area contributed by atoms with Gasteiger partial charge in [0, 0.05) is 20.0 Å². The van der Waals surface area contributed by atoms with Crippen LogP contribution in [-0.4, -0.2) is 32.7 Å². The maximum atomic E-state index is 5.73. The average Bonchev–Trinajstić information content (AvgIpc) is 3.04. The van der Waals surface area contributed by atoms with E-state index in [0.717, 1.165) is 36.0 Å². The van der Waals surface area contributed by atoms with Crippen molar-refractivity contribution in [1.82, 2.24) is 10.6 Å². The molecule has 0 aliphatic heterocycles. The molecule has 1 aromatic carbocycles. The van der Waals surface area contributed by atoms with Gasteiger partial charge in [-0.25, -0.2) is 0 Å². The molecule has 0 unspecified atom stereocenters. The number of ether oxygens (including phenoxy) is 1. The second-order valence-corrected chi connectivity index (χ2v) is 4.87. The van der Waals surface area contributed by atoms with E-state index in [-0.39, 0.29) is 24.0 Å². The number of nitrogens with one attached hydrogen (secondary N) is 2. The smallest absolute Gasteiger partial charge is 0.191 e. The summed E-state index contributed by atoms with van der Waals surface area (Å²) >= 11 is 0. The predicted octanol–water partition coefficient (Wildman–Crippen LogP) is 2.99. The van der Waals surface area contributed by atoms with Crippen LogP contribution in [0.3, 0.4) is 0 Å². The van der Waals surface area contributed by atoms with Crippen molar-refractivity contribution < 1.29 is 9.15 Å². The molecule has 2 N–H and O–H groups in total. The molecular formula is C17H24IN3O2. The highest BCUT2D eigenvalue weighted by atomic mass is 127. The van der Waals surface area contributed by atoms with Crippen LogP contribution in [0.5, 0.6) is 5.75 Å². The number of nitrogens with zero attached hydrogens (tertiary/aromatic N) is 1. The summed E-state index contributed by atoms with van der Waals surface area (Å²) < 4.78 is 11.0. The first-order valence-corrected chi connectivity index (χ1v) is 7.45. The quantitative estimate of drug-likeness (QED) is 0.308. The number of guanidine groups is 1. The van der Waals surface area contributed by atoms with Gasteiger partial charge in [0.25, 0.3) is 0 Å². The molecule has 5 nitrogen and oxygen atoms in total. The fraction of sp³-hybridized carbons (Fsp3) is 0.353. The van der Waals surface area contributed by atoms with Crippen molar-refractivity contribution in [3.05, 3.63) is 54.0 Å². The van der Waals surface area contributed by atoms with Crippen LogP contribution in [0.1, 0.15) is 11.3 Å². The standard InChI is InChI=1S/C17H23N3O2.HI/c1-14-6-3-4-8-16(14)22-13-11-20-17(18-2)19-10-9-15-7-5-12-21-15;/h3-8,12H,9-11,13H2,1-2H3,(H2,18,19,20);1H. The number of aryl methyl sites for hydroxylation is 1. The molecule has 0 amide bonds. The summed E-state index contributed by atoms with van der Waals surface area (Å²) in [5.74, 6) is 2.65. The Balaban J connectivity index is 0.00000264. The summed E-state index contributed by atoms with van der Waals surface area (Å²) in [6.45, 7) is 4.09. The Morgan fingerprint density at radius 1 is 1.13 bits per heavy atom. The first kappa shape index (κ1) is 19.3. The average molecular weight is 429 g/mol. The second kappa shape index (κ2) is 10.9. The number of hydrogen-bond acceptors (Lipinski definition) is 3. The lowest BCUT2D eigenvalue weighted by molar-refractivity contribution is 0.320. The van der Waals surface area contributed by atoms with E-state index >= 15 is 0 Å². The minimum Gasteiger partial charge on any atom is -0.491 e. The number of furan rings is 1. The van der Waals surface area contributed by atoms with Gasteiger partial charge in [-0.05, 0) is 30.7 Å². The highest BCUT2D eigenvalue weighted by Crippen LogP contribution is 2.15. The third-order valence-corrected chi connectivity index (χ3v) is 3.21. The van der Waals surface area contributed by atoms with Gasteiger partial charge < -0.3 is 19.8 Å². The van der Waals surface area contributed by atoms with E-state index in [1.165, 1.54) is 0 Å². The van der Waals surface area contributed by atoms with Crippen LogP contribution >= 0.6 is 24.0 Å². The van der Waals surface area contributed by atoms with Gasteiger partial charge >= 0.3 is 0 Å². The van der Waals surface area contributed by atoms with Crippen LogP contribution in [-0.2, 0) is 6.42 Å². The molecule has 126 valence electrons. The van der Waals surface area contributed by atoms with E-state index in [1.54, 1.807) is 13.3 Å². The first-order chi connectivity index (χ1) is 10.8. The molecule has 0 saturated carbocycles. The van der Waals surface area contributed by atoms with E-state index in [1.807, 2.05) is 43.3 Å². The molecular weight excluding hydrogens is 405 g/mol. The largest absolute Gasteiger partial charge is 0.491 e. The van der Waals surface area contributed by atoms with Crippen molar-refractivity contribution in [3.8, 4) is 5.75 Å². The molecule has 23 heavy (non-hydrogen) atoms. The SMILES string of the molecule is CN=C(NCCOc1ccccc1C)NCCc1ccco1.I. The van der Waals surface area contributed by atoms with Gasteiger partial charge in [-0.3, -0.25) is 4.99 Å². The molecule has 0 bridgehead atoms. The molecule has 0 aliphatic rings. The van der Waals surface area contributed by atoms with Crippen molar-refractivity contribution in [2.75, 3.05) is 26.7 Å². The lowest BCUT2D eigenvalue weighted by Crippen LogP contribution is -2.40. The molecule has 0 saturated heterocycles. The number of para-hydroxylation sites is 1. The number of halogens is 1. The third kappa shape index (κ3) is 6.94. The van der Waals surface area contributed by atoms with Gasteiger partial charge in [0.05, 0.1) is 12.8 Å². The predicted molar refractivity (Wildman–Crippen MR) is 104 cm³/mol. The third-order valence-electron chi connectivity index (χ3n) is 3.21. The molecule has 6 heteroatoms. The summed E-state index contributed by atoms with van der Waals surface area (Å²) in [7, 11) is 1.75. The molecule has 0 fully saturated rings. The molecule has 2 aromatic rings. The first-order valence-electron chi connectivity index (χ1n) is 7.45. The Kier molecular flexibility index (Phi) is 9.20. The van der Waals surface area contributed by atoms with Gasteiger partial charge in [0.1, 0.15) is 18.1 Å². The molecule has 0 radical (unpaired) electrons. The van der Waals surface area contributed by atoms with E-state index < -0.39 is 0 Å². The van der Waals surface area contributed by atoms with Crippen LogP contribution in [0.4, 0.5) is 0 Å². The highest BCUT2D eigenvalue weighted by Gasteiger charge is 2.00. The molecule has 1 heterocycles. The zero-order valence-corrected chi connectivity index (χ0v) is 15.9. The Morgan fingerprint density at radius 3 is 2.61 bits per heavy atom. The number of benzene rings is 1. The molecule has 2 rings (SSSR count). The Labute approximate surface area is 154 Å². The van der Waals surface area contributed by atoms with Crippen LogP contribution in [0.2, 0.25) is 0 Å². The summed E-state index contributed by atoms with van der Waals surface area (Å²) in [6.07, 6.45) is 2.51. The highest BCUT2D eigenvalue weighted by molar-refractivity contribution is 14.0. The summed E-state index contributed by atoms with van der Waals surface area (Å²) in [4.78, 5) is 4.18. The summed E-state index contributed by atoms with van der Waals surface area (Å²) in [5.41, 5.74) is 1.14. The lowest BCUT2D eigenvalue weighted by atomic mass is 10.2. The zero-order chi connectivity index (χ0) is 15.6. The number of hydrogen-bond donors (Lipinski definition) is 2. The summed E-state index contributed by atoms with van der Waals surface area (Å²) in [6, 6.07) is 11.9. The van der Waals surface area contributed by atoms with Gasteiger partial charge in [-0.2, -0.15) is 0 Å². The maximum Gasteiger partial charge on any atom is 0.191 e. The van der Waals surface area contributed by atoms with Gasteiger partial charge in [-0.1, -0.05) is 18.2 Å². The molecule has 0 spiro atoms. The van der Waals surface area contributed by atoms with Crippen LogP contribution < -0.4 is 15.4 Å². The van der Waals surface area contributed by atoms with Crippen molar-refractivity contribution >= 4 is 29.9 Å². The fourth-order valence-corrected chi connectivity index (χ4v) is 2.03. The number of rotatable bonds is 7. The van der Waals surface area contributed by atoms with Crippen molar-refractivity contribution in [2.24, 2.45) is 4.99 Å². The topological polar surface area (TPSA) is 58.8 Å². The van der Waals surface area contributed by atoms with Crippen LogP contribution in [0.15, 0.2) is 52.1 Å². The molecule has 1 aromatic heterocycles. The Morgan fingerprint density at radius 2 is 1.91 bits per heavy atom. The van der Waals surface area contributed by atoms with Crippen molar-refractivity contribution in [3.63, 3.8) is 0 Å². The Hall–Kier alpha value is -1.70. The normalized spacial score (nSPS) is 10.8. The minimum atomic E-state index is 0. The van der Waals surface area contributed by atoms with Crippen LogP contribution in [0, 0.1) is 6.92 Å².